The standard InChI is InChI=1S/C25H29F3N6O4S/c26-25(27,28)16-2-1-3-19(6-16)39(37,38)31-17-7-22(8-17)11-32(12-22)21(35)33-13-23(14-33)9-18(10-23)34-15-29-20(30-34)24(36)4-5-24/h1-3,6,15,17-18,31,36H,4-5,7-14H2. The number of aromatic nitrogens is 3. The van der Waals surface area contributed by atoms with Gasteiger partial charge in [-0.2, -0.15) is 18.3 Å². The first-order valence-electron chi connectivity index (χ1n) is 13.1. The van der Waals surface area contributed by atoms with Gasteiger partial charge in [0.05, 0.1) is 16.5 Å². The molecular weight excluding hydrogens is 537 g/mol. The Bertz CT molecular complexity index is 1430. The van der Waals surface area contributed by atoms with Gasteiger partial charge in [0.25, 0.3) is 0 Å². The number of alkyl halides is 3. The van der Waals surface area contributed by atoms with Crippen molar-refractivity contribution >= 4 is 16.1 Å². The highest BCUT2D eigenvalue weighted by molar-refractivity contribution is 7.89. The van der Waals surface area contributed by atoms with E-state index >= 15 is 0 Å². The maximum absolute atomic E-state index is 13.0. The molecule has 5 aliphatic rings. The Balaban J connectivity index is 0.860. The number of hydrogen-bond acceptors (Lipinski definition) is 6. The maximum atomic E-state index is 13.0. The number of benzene rings is 1. The average Bonchev–Trinajstić information content (AvgIpc) is 3.32. The van der Waals surface area contributed by atoms with Crippen molar-refractivity contribution in [2.45, 2.75) is 67.3 Å². The van der Waals surface area contributed by atoms with Crippen LogP contribution in [0.5, 0.6) is 0 Å². The van der Waals surface area contributed by atoms with E-state index in [4.69, 9.17) is 0 Å². The van der Waals surface area contributed by atoms with Crippen LogP contribution in [0, 0.1) is 10.8 Å². The van der Waals surface area contributed by atoms with Crippen molar-refractivity contribution in [2.75, 3.05) is 26.2 Å². The number of halogens is 3. The average molecular weight is 567 g/mol. The van der Waals surface area contributed by atoms with E-state index in [2.05, 4.69) is 14.8 Å². The fourth-order valence-corrected chi connectivity index (χ4v) is 8.12. The second-order valence-corrected chi connectivity index (χ2v) is 14.1. The monoisotopic (exact) mass is 566 g/mol. The molecular formula is C25H29F3N6O4S. The van der Waals surface area contributed by atoms with E-state index in [1.165, 1.54) is 0 Å². The fraction of sp³-hybridized carbons (Fsp3) is 0.640. The van der Waals surface area contributed by atoms with Gasteiger partial charge in [0.2, 0.25) is 10.0 Å². The minimum atomic E-state index is -4.62. The van der Waals surface area contributed by atoms with Crippen LogP contribution in [0.1, 0.15) is 56.0 Å². The lowest BCUT2D eigenvalue weighted by atomic mass is 9.60. The van der Waals surface area contributed by atoms with Crippen molar-refractivity contribution in [3.05, 3.63) is 42.0 Å². The highest BCUT2D eigenvalue weighted by Gasteiger charge is 2.59. The zero-order valence-corrected chi connectivity index (χ0v) is 21.9. The van der Waals surface area contributed by atoms with Gasteiger partial charge >= 0.3 is 12.2 Å². The van der Waals surface area contributed by atoms with Crippen LogP contribution < -0.4 is 4.72 Å². The summed E-state index contributed by atoms with van der Waals surface area (Å²) in [6.45, 7) is 2.53. The number of aliphatic hydroxyl groups is 1. The van der Waals surface area contributed by atoms with E-state index in [9.17, 15) is 31.5 Å². The van der Waals surface area contributed by atoms with Crippen LogP contribution in [0.15, 0.2) is 35.5 Å². The molecule has 2 saturated heterocycles. The van der Waals surface area contributed by atoms with Gasteiger partial charge in [0.15, 0.2) is 5.82 Å². The first-order chi connectivity index (χ1) is 18.3. The van der Waals surface area contributed by atoms with E-state index in [1.54, 1.807) is 11.2 Å². The minimum absolute atomic E-state index is 0.00157. The van der Waals surface area contributed by atoms with Crippen molar-refractivity contribution in [3.8, 4) is 0 Å². The molecule has 39 heavy (non-hydrogen) atoms. The normalized spacial score (nSPS) is 25.1. The lowest BCUT2D eigenvalue weighted by Gasteiger charge is -2.63. The van der Waals surface area contributed by atoms with Gasteiger partial charge in [0, 0.05) is 43.1 Å². The van der Waals surface area contributed by atoms with E-state index in [0.29, 0.717) is 63.8 Å². The Morgan fingerprint density at radius 1 is 1.03 bits per heavy atom. The van der Waals surface area contributed by atoms with Gasteiger partial charge in [-0.25, -0.2) is 27.6 Å². The molecule has 1 aromatic heterocycles. The van der Waals surface area contributed by atoms with Gasteiger partial charge < -0.3 is 14.9 Å². The number of carbonyl (C=O) groups excluding carboxylic acids is 1. The molecule has 1 aromatic carbocycles. The molecule has 2 aromatic rings. The molecule has 2 spiro atoms. The van der Waals surface area contributed by atoms with Crippen molar-refractivity contribution in [1.29, 1.82) is 0 Å². The van der Waals surface area contributed by atoms with E-state index < -0.39 is 32.3 Å². The van der Waals surface area contributed by atoms with Gasteiger partial charge in [0.1, 0.15) is 11.9 Å². The number of sulfonamides is 1. The largest absolute Gasteiger partial charge is 0.416 e. The number of nitrogens with zero attached hydrogens (tertiary/aromatic N) is 5. The second kappa shape index (κ2) is 7.94. The van der Waals surface area contributed by atoms with Crippen molar-refractivity contribution in [3.63, 3.8) is 0 Å². The Morgan fingerprint density at radius 3 is 2.23 bits per heavy atom. The highest BCUT2D eigenvalue weighted by Crippen LogP contribution is 2.55. The van der Waals surface area contributed by atoms with Crippen molar-refractivity contribution < 1.29 is 31.5 Å². The predicted octanol–water partition coefficient (Wildman–Crippen LogP) is 2.48. The summed E-state index contributed by atoms with van der Waals surface area (Å²) in [5.74, 6) is 0.502. The third-order valence-corrected chi connectivity index (χ3v) is 10.7. The Morgan fingerprint density at radius 2 is 1.64 bits per heavy atom. The Hall–Kier alpha value is -2.71. The molecule has 3 saturated carbocycles. The lowest BCUT2D eigenvalue weighted by molar-refractivity contribution is -0.137. The lowest BCUT2D eigenvalue weighted by Crippen LogP contribution is -2.72. The Kier molecular flexibility index (Phi) is 5.14. The van der Waals surface area contributed by atoms with E-state index in [1.807, 2.05) is 9.58 Å². The second-order valence-electron chi connectivity index (χ2n) is 12.4. The van der Waals surface area contributed by atoms with Crippen LogP contribution in [-0.4, -0.2) is 76.3 Å². The first-order valence-corrected chi connectivity index (χ1v) is 14.6. The number of likely N-dealkylation sites (tertiary alicyclic amines) is 2. The topological polar surface area (TPSA) is 121 Å². The van der Waals surface area contributed by atoms with Crippen LogP contribution >= 0.6 is 0 Å². The molecule has 2 aliphatic heterocycles. The summed E-state index contributed by atoms with van der Waals surface area (Å²) in [5, 5.41) is 14.6. The van der Waals surface area contributed by atoms with Gasteiger partial charge in [-0.15, -0.1) is 0 Å². The zero-order valence-electron chi connectivity index (χ0n) is 21.1. The number of carbonyl (C=O) groups is 1. The molecule has 0 radical (unpaired) electrons. The van der Waals surface area contributed by atoms with Crippen LogP contribution in [0.4, 0.5) is 18.0 Å². The van der Waals surface area contributed by atoms with Crippen LogP contribution in [-0.2, 0) is 21.8 Å². The summed E-state index contributed by atoms with van der Waals surface area (Å²) in [4.78, 5) is 20.4. The van der Waals surface area contributed by atoms with Crippen LogP contribution in [0.3, 0.4) is 0 Å². The number of nitrogens with one attached hydrogen (secondary N) is 1. The molecule has 10 nitrogen and oxygen atoms in total. The molecule has 5 fully saturated rings. The number of hydrogen-bond donors (Lipinski definition) is 2. The van der Waals surface area contributed by atoms with Crippen molar-refractivity contribution in [2.24, 2.45) is 10.8 Å². The van der Waals surface area contributed by atoms with E-state index in [0.717, 1.165) is 31.0 Å². The minimum Gasteiger partial charge on any atom is -0.382 e. The number of urea groups is 1. The zero-order chi connectivity index (χ0) is 27.4. The maximum Gasteiger partial charge on any atom is 0.416 e. The molecule has 2 N–H and O–H groups in total. The quantitative estimate of drug-likeness (QED) is 0.574. The summed E-state index contributed by atoms with van der Waals surface area (Å²) < 4.78 is 68.5. The third-order valence-electron chi connectivity index (χ3n) is 9.16. The summed E-state index contributed by atoms with van der Waals surface area (Å²) in [5.41, 5.74) is -1.85. The highest BCUT2D eigenvalue weighted by atomic mass is 32.2. The number of rotatable bonds is 5. The molecule has 7 rings (SSSR count). The summed E-state index contributed by atoms with van der Waals surface area (Å²) in [6.07, 6.45) is 1.44. The first kappa shape index (κ1) is 25.3. The van der Waals surface area contributed by atoms with Crippen molar-refractivity contribution in [1.82, 2.24) is 29.3 Å². The van der Waals surface area contributed by atoms with Gasteiger partial charge in [-0.05, 0) is 56.7 Å². The van der Waals surface area contributed by atoms with Gasteiger partial charge in [-0.3, -0.25) is 0 Å². The molecule has 2 amide bonds. The smallest absolute Gasteiger partial charge is 0.382 e. The third kappa shape index (κ3) is 4.22. The van der Waals surface area contributed by atoms with E-state index in [-0.39, 0.29) is 28.9 Å². The predicted molar refractivity (Wildman–Crippen MR) is 130 cm³/mol. The van der Waals surface area contributed by atoms with Crippen LogP contribution in [0.25, 0.3) is 0 Å². The Labute approximate surface area is 223 Å². The van der Waals surface area contributed by atoms with Crippen LogP contribution in [0.2, 0.25) is 0 Å². The fourth-order valence-electron chi connectivity index (χ4n) is 6.84. The molecule has 0 unspecified atom stereocenters. The molecule has 14 heteroatoms. The molecule has 0 atom stereocenters. The SMILES string of the molecule is O=C(N1CC2(CC(NS(=O)(=O)c3cccc(C(F)(F)F)c3)C2)C1)N1CC2(CC(n3cnc(C4(O)CC4)n3)C2)C1. The number of amides is 2. The summed E-state index contributed by atoms with van der Waals surface area (Å²) in [7, 11) is -4.07. The van der Waals surface area contributed by atoms with Gasteiger partial charge in [-0.1, -0.05) is 6.07 Å². The molecule has 210 valence electrons. The summed E-state index contributed by atoms with van der Waals surface area (Å²) >= 11 is 0. The molecule has 3 aliphatic carbocycles. The summed E-state index contributed by atoms with van der Waals surface area (Å²) in [6, 6.07) is 3.61. The molecule has 3 heterocycles. The molecule has 0 bridgehead atoms.